The number of nitrogens with one attached hydrogen (secondary N) is 2. The third kappa shape index (κ3) is 7.61. The molecule has 7 heteroatoms. The van der Waals surface area contributed by atoms with Crippen molar-refractivity contribution in [1.29, 1.82) is 0 Å². The van der Waals surface area contributed by atoms with Crippen molar-refractivity contribution in [2.45, 2.75) is 37.3 Å². The number of aliphatic hydroxyl groups is 1. The molecule has 4 nitrogen and oxygen atoms in total. The van der Waals surface area contributed by atoms with E-state index >= 15 is 0 Å². The molecule has 0 unspecified atom stereocenters. The molecule has 0 spiro atoms. The molecule has 0 radical (unpaired) electrons. The Kier molecular flexibility index (Phi) is 7.61. The predicted molar refractivity (Wildman–Crippen MR) is 85.4 cm³/mol. The summed E-state index contributed by atoms with van der Waals surface area (Å²) in [5, 5.41) is 14.4. The van der Waals surface area contributed by atoms with Crippen LogP contribution in [0.1, 0.15) is 26.7 Å². The molecule has 0 fully saturated rings. The van der Waals surface area contributed by atoms with Gasteiger partial charge in [0.2, 0.25) is 0 Å². The maximum Gasteiger partial charge on any atom is 0.319 e. The second-order valence-corrected chi connectivity index (χ2v) is 6.78. The molecular formula is C15H22F2N2O2S. The third-order valence-corrected chi connectivity index (χ3v) is 3.77. The Labute approximate surface area is 133 Å². The number of benzene rings is 1. The largest absolute Gasteiger partial charge is 0.396 e. The van der Waals surface area contributed by atoms with Crippen LogP contribution in [0.25, 0.3) is 0 Å². The van der Waals surface area contributed by atoms with Crippen LogP contribution in [-0.2, 0) is 0 Å². The van der Waals surface area contributed by atoms with Crippen LogP contribution in [0, 0.1) is 5.41 Å². The molecule has 0 bridgehead atoms. The lowest BCUT2D eigenvalue weighted by Gasteiger charge is -2.21. The van der Waals surface area contributed by atoms with Gasteiger partial charge in [0.15, 0.2) is 0 Å². The SMILES string of the molecule is CC(C)(CO)CCCNC(=O)Nc1cccc(SC(F)F)c1. The minimum atomic E-state index is -2.49. The van der Waals surface area contributed by atoms with Gasteiger partial charge >= 0.3 is 6.03 Å². The van der Waals surface area contributed by atoms with E-state index in [-0.39, 0.29) is 18.1 Å². The Morgan fingerprint density at radius 3 is 2.77 bits per heavy atom. The Bertz CT molecular complexity index is 484. The van der Waals surface area contributed by atoms with Gasteiger partial charge in [-0.3, -0.25) is 0 Å². The fraction of sp³-hybridized carbons (Fsp3) is 0.533. The van der Waals surface area contributed by atoms with Gasteiger partial charge in [-0.25, -0.2) is 4.79 Å². The molecule has 0 saturated carbocycles. The summed E-state index contributed by atoms with van der Waals surface area (Å²) in [7, 11) is 0. The molecule has 0 atom stereocenters. The van der Waals surface area contributed by atoms with Gasteiger partial charge in [-0.05, 0) is 36.5 Å². The topological polar surface area (TPSA) is 61.4 Å². The lowest BCUT2D eigenvalue weighted by atomic mass is 9.89. The molecule has 1 aromatic carbocycles. The summed E-state index contributed by atoms with van der Waals surface area (Å²) in [4.78, 5) is 12.1. The molecule has 0 heterocycles. The second kappa shape index (κ2) is 8.95. The normalized spacial score (nSPS) is 11.5. The average Bonchev–Trinajstić information content (AvgIpc) is 2.43. The highest BCUT2D eigenvalue weighted by Crippen LogP contribution is 2.27. The number of anilines is 1. The van der Waals surface area contributed by atoms with Crippen LogP contribution in [0.4, 0.5) is 19.3 Å². The molecule has 3 N–H and O–H groups in total. The number of thioether (sulfide) groups is 1. The molecular weight excluding hydrogens is 310 g/mol. The first kappa shape index (κ1) is 18.7. The smallest absolute Gasteiger partial charge is 0.319 e. The fourth-order valence-electron chi connectivity index (χ4n) is 1.77. The van der Waals surface area contributed by atoms with Gasteiger partial charge in [-0.2, -0.15) is 8.78 Å². The molecule has 1 aromatic rings. The molecule has 0 aliphatic carbocycles. The summed E-state index contributed by atoms with van der Waals surface area (Å²) in [5.41, 5.74) is 0.317. The molecule has 0 aliphatic heterocycles. The van der Waals surface area contributed by atoms with E-state index < -0.39 is 5.76 Å². The number of rotatable bonds is 8. The quantitative estimate of drug-likeness (QED) is 0.499. The number of amides is 2. The summed E-state index contributed by atoms with van der Waals surface area (Å²) in [6.07, 6.45) is 1.55. The Balaban J connectivity index is 2.36. The van der Waals surface area contributed by atoms with Gasteiger partial charge < -0.3 is 15.7 Å². The molecule has 22 heavy (non-hydrogen) atoms. The lowest BCUT2D eigenvalue weighted by molar-refractivity contribution is 0.148. The van der Waals surface area contributed by atoms with Gasteiger partial charge in [0, 0.05) is 23.7 Å². The highest BCUT2D eigenvalue weighted by atomic mass is 32.2. The molecule has 124 valence electrons. The summed E-state index contributed by atoms with van der Waals surface area (Å²) in [6, 6.07) is 5.96. The van der Waals surface area contributed by atoms with Crippen LogP contribution in [0.5, 0.6) is 0 Å². The molecule has 0 aliphatic rings. The minimum absolute atomic E-state index is 0.105. The highest BCUT2D eigenvalue weighted by Gasteiger charge is 2.15. The summed E-state index contributed by atoms with van der Waals surface area (Å²) < 4.78 is 24.6. The number of urea groups is 1. The van der Waals surface area contributed by atoms with E-state index in [2.05, 4.69) is 10.6 Å². The van der Waals surface area contributed by atoms with Crippen molar-refractivity contribution >= 4 is 23.5 Å². The molecule has 1 rings (SSSR count). The predicted octanol–water partition coefficient (Wildman–Crippen LogP) is 3.92. The highest BCUT2D eigenvalue weighted by molar-refractivity contribution is 7.99. The number of hydrogen-bond acceptors (Lipinski definition) is 3. The van der Waals surface area contributed by atoms with Crippen LogP contribution in [-0.4, -0.2) is 30.0 Å². The Morgan fingerprint density at radius 1 is 1.41 bits per heavy atom. The first-order chi connectivity index (χ1) is 10.3. The van der Waals surface area contributed by atoms with E-state index in [1.54, 1.807) is 18.2 Å². The summed E-state index contributed by atoms with van der Waals surface area (Å²) in [5.74, 6) is -2.49. The Hall–Kier alpha value is -1.34. The number of aliphatic hydroxyl groups excluding tert-OH is 1. The number of alkyl halides is 2. The van der Waals surface area contributed by atoms with E-state index in [1.165, 1.54) is 6.07 Å². The zero-order valence-corrected chi connectivity index (χ0v) is 13.6. The van der Waals surface area contributed by atoms with Crippen LogP contribution in [0.15, 0.2) is 29.2 Å². The zero-order chi connectivity index (χ0) is 16.6. The lowest BCUT2D eigenvalue weighted by Crippen LogP contribution is -2.30. The first-order valence-electron chi connectivity index (χ1n) is 7.03. The number of hydrogen-bond donors (Lipinski definition) is 3. The molecule has 2 amide bonds. The van der Waals surface area contributed by atoms with E-state index in [1.807, 2.05) is 13.8 Å². The maximum absolute atomic E-state index is 12.3. The van der Waals surface area contributed by atoms with Gasteiger partial charge in [-0.1, -0.05) is 31.7 Å². The molecule has 0 aromatic heterocycles. The average molecular weight is 332 g/mol. The monoisotopic (exact) mass is 332 g/mol. The standard InChI is InChI=1S/C15H22F2N2O2S/c1-15(2,10-20)7-4-8-18-14(21)19-11-5-3-6-12(9-11)22-13(16)17/h3,5-6,9,13,20H,4,7-8,10H2,1-2H3,(H2,18,19,21). The number of halogens is 2. The van der Waals surface area contributed by atoms with E-state index in [0.717, 1.165) is 12.8 Å². The number of carbonyl (C=O) groups is 1. The van der Waals surface area contributed by atoms with Crippen LogP contribution in [0.2, 0.25) is 0 Å². The van der Waals surface area contributed by atoms with Gasteiger partial charge in [0.25, 0.3) is 5.76 Å². The van der Waals surface area contributed by atoms with Crippen molar-refractivity contribution < 1.29 is 18.7 Å². The van der Waals surface area contributed by atoms with Crippen molar-refractivity contribution in [1.82, 2.24) is 5.32 Å². The van der Waals surface area contributed by atoms with Crippen molar-refractivity contribution in [3.05, 3.63) is 24.3 Å². The van der Waals surface area contributed by atoms with Crippen molar-refractivity contribution in [2.75, 3.05) is 18.5 Å². The van der Waals surface area contributed by atoms with Crippen LogP contribution >= 0.6 is 11.8 Å². The summed E-state index contributed by atoms with van der Waals surface area (Å²) >= 11 is 0.438. The van der Waals surface area contributed by atoms with Gasteiger partial charge in [0.05, 0.1) is 0 Å². The van der Waals surface area contributed by atoms with E-state index in [4.69, 9.17) is 5.11 Å². The van der Waals surface area contributed by atoms with Gasteiger partial charge in [-0.15, -0.1) is 0 Å². The summed E-state index contributed by atoms with van der Waals surface area (Å²) in [6.45, 7) is 4.51. The zero-order valence-electron chi connectivity index (χ0n) is 12.7. The van der Waals surface area contributed by atoms with Crippen molar-refractivity contribution in [3.63, 3.8) is 0 Å². The first-order valence-corrected chi connectivity index (χ1v) is 7.91. The maximum atomic E-state index is 12.3. The van der Waals surface area contributed by atoms with Gasteiger partial charge in [0.1, 0.15) is 0 Å². The Morgan fingerprint density at radius 2 is 2.14 bits per heavy atom. The van der Waals surface area contributed by atoms with Crippen LogP contribution in [0.3, 0.4) is 0 Å². The van der Waals surface area contributed by atoms with Crippen molar-refractivity contribution in [3.8, 4) is 0 Å². The van der Waals surface area contributed by atoms with E-state index in [0.29, 0.717) is 28.9 Å². The fourth-order valence-corrected chi connectivity index (χ4v) is 2.33. The number of carbonyl (C=O) groups excluding carboxylic acids is 1. The third-order valence-electron chi connectivity index (χ3n) is 3.06. The van der Waals surface area contributed by atoms with Crippen LogP contribution < -0.4 is 10.6 Å². The molecule has 0 saturated heterocycles. The van der Waals surface area contributed by atoms with Crippen molar-refractivity contribution in [2.24, 2.45) is 5.41 Å². The second-order valence-electron chi connectivity index (χ2n) is 5.71. The minimum Gasteiger partial charge on any atom is -0.396 e. The van der Waals surface area contributed by atoms with E-state index in [9.17, 15) is 13.6 Å².